The van der Waals surface area contributed by atoms with Gasteiger partial charge in [0.05, 0.1) is 5.41 Å². The summed E-state index contributed by atoms with van der Waals surface area (Å²) < 4.78 is 0. The summed E-state index contributed by atoms with van der Waals surface area (Å²) in [6.07, 6.45) is 0. The second-order valence-electron chi connectivity index (χ2n) is 20.0. The predicted octanol–water partition coefficient (Wildman–Crippen LogP) is 18.9. The number of rotatable bonds is 3. The lowest BCUT2D eigenvalue weighted by atomic mass is 9.70. The van der Waals surface area contributed by atoms with Crippen molar-refractivity contribution in [3.05, 3.63) is 265 Å². The fourth-order valence-corrected chi connectivity index (χ4v) is 14.4. The topological polar surface area (TPSA) is 0 Å². The van der Waals surface area contributed by atoms with Crippen molar-refractivity contribution in [2.75, 3.05) is 0 Å². The smallest absolute Gasteiger partial charge is 0.0622 e. The minimum absolute atomic E-state index is 0.434. The summed E-state index contributed by atoms with van der Waals surface area (Å²) in [6.45, 7) is 0. The average molecular weight is 893 g/mol. The largest absolute Gasteiger partial charge is 0.0725 e. The molecule has 0 saturated carbocycles. The molecule has 13 aromatic rings. The van der Waals surface area contributed by atoms with Gasteiger partial charge in [-0.05, 0) is 178 Å². The molecule has 13 aromatic carbocycles. The molecular weight excluding hydrogens is 853 g/mol. The highest BCUT2D eigenvalue weighted by molar-refractivity contribution is 6.31. The van der Waals surface area contributed by atoms with Crippen molar-refractivity contribution in [1.29, 1.82) is 0 Å². The van der Waals surface area contributed by atoms with Crippen LogP contribution in [0.15, 0.2) is 243 Å². The number of hydrogen-bond acceptors (Lipinski definition) is 0. The zero-order chi connectivity index (χ0) is 46.1. The zero-order valence-corrected chi connectivity index (χ0v) is 38.6. The van der Waals surface area contributed by atoms with Crippen LogP contribution < -0.4 is 0 Å². The van der Waals surface area contributed by atoms with Gasteiger partial charge >= 0.3 is 0 Å². The third kappa shape index (κ3) is 4.57. The van der Waals surface area contributed by atoms with Crippen molar-refractivity contribution in [1.82, 2.24) is 0 Å². The van der Waals surface area contributed by atoms with E-state index in [1.54, 1.807) is 0 Å². The minimum atomic E-state index is -0.434. The molecule has 0 aromatic heterocycles. The predicted molar refractivity (Wildman–Crippen MR) is 298 cm³/mol. The number of benzene rings is 13. The van der Waals surface area contributed by atoms with Crippen molar-refractivity contribution in [3.8, 4) is 100 Å². The second-order valence-corrected chi connectivity index (χ2v) is 20.0. The molecule has 0 N–H and O–H groups in total. The molecule has 0 radical (unpaired) electrons. The van der Waals surface area contributed by atoms with Crippen molar-refractivity contribution in [2.24, 2.45) is 0 Å². The molecule has 0 heterocycles. The van der Waals surface area contributed by atoms with Gasteiger partial charge in [-0.25, -0.2) is 0 Å². The summed E-state index contributed by atoms with van der Waals surface area (Å²) in [6, 6.07) is 92.2. The highest BCUT2D eigenvalue weighted by Crippen LogP contribution is 2.67. The van der Waals surface area contributed by atoms with Crippen molar-refractivity contribution in [2.45, 2.75) is 5.41 Å². The molecule has 4 aliphatic carbocycles. The molecule has 0 nitrogen and oxygen atoms in total. The van der Waals surface area contributed by atoms with Crippen LogP contribution in [-0.4, -0.2) is 0 Å². The minimum Gasteiger partial charge on any atom is -0.0622 e. The Morgan fingerprint density at radius 1 is 0.197 bits per heavy atom. The average Bonchev–Trinajstić information content (AvgIpc) is 4.18. The summed E-state index contributed by atoms with van der Waals surface area (Å²) in [4.78, 5) is 0. The summed E-state index contributed by atoms with van der Waals surface area (Å²) >= 11 is 0. The molecule has 71 heavy (non-hydrogen) atoms. The van der Waals surface area contributed by atoms with Crippen molar-refractivity contribution in [3.63, 3.8) is 0 Å². The Morgan fingerprint density at radius 3 is 1.30 bits per heavy atom. The maximum absolute atomic E-state index is 2.62. The lowest BCUT2D eigenvalue weighted by molar-refractivity contribution is 0.795. The first-order valence-electron chi connectivity index (χ1n) is 25.0. The van der Waals surface area contributed by atoms with E-state index in [0.717, 1.165) is 0 Å². The molecule has 0 bridgehead atoms. The SMILES string of the molecule is c1ccc(-c2c3c(c(-c4ccccc4)c4ccccc24)-c2ccc(-c4c5c(cc6ccccc46)-c4cc6c(c7cccc-5c47)-c4ccccc4C64c5ccccc5-c5ccccc54)c4cccc-3c24)cc1. The third-order valence-electron chi connectivity index (χ3n) is 16.9. The van der Waals surface area contributed by atoms with Gasteiger partial charge in [0.2, 0.25) is 0 Å². The van der Waals surface area contributed by atoms with E-state index in [1.165, 1.54) is 165 Å². The molecule has 0 unspecified atom stereocenters. The normalized spacial score (nSPS) is 13.5. The highest BCUT2D eigenvalue weighted by atomic mass is 14.5. The van der Waals surface area contributed by atoms with Crippen LogP contribution in [0.4, 0.5) is 0 Å². The van der Waals surface area contributed by atoms with E-state index in [4.69, 9.17) is 0 Å². The number of fused-ring (bicyclic) bond motifs is 19. The van der Waals surface area contributed by atoms with Crippen molar-refractivity contribution < 1.29 is 0 Å². The summed E-state index contributed by atoms with van der Waals surface area (Å²) in [7, 11) is 0. The van der Waals surface area contributed by atoms with E-state index >= 15 is 0 Å². The fourth-order valence-electron chi connectivity index (χ4n) is 14.4. The van der Waals surface area contributed by atoms with Crippen LogP contribution in [0, 0.1) is 0 Å². The van der Waals surface area contributed by atoms with Gasteiger partial charge in [-0.2, -0.15) is 0 Å². The lowest BCUT2D eigenvalue weighted by Gasteiger charge is -2.30. The summed E-state index contributed by atoms with van der Waals surface area (Å²) in [5, 5.41) is 10.4. The van der Waals surface area contributed by atoms with Crippen LogP contribution in [0.3, 0.4) is 0 Å². The lowest BCUT2D eigenvalue weighted by Crippen LogP contribution is -2.25. The Kier molecular flexibility index (Phi) is 7.23. The van der Waals surface area contributed by atoms with Crippen molar-refractivity contribution >= 4 is 43.1 Å². The van der Waals surface area contributed by atoms with Gasteiger partial charge in [0, 0.05) is 0 Å². The molecule has 0 amide bonds. The van der Waals surface area contributed by atoms with E-state index in [1.807, 2.05) is 0 Å². The van der Waals surface area contributed by atoms with Gasteiger partial charge in [0.1, 0.15) is 0 Å². The monoisotopic (exact) mass is 892 g/mol. The van der Waals surface area contributed by atoms with Gasteiger partial charge in [0.25, 0.3) is 0 Å². The standard InChI is InChI=1S/C71H40/c1-3-19-41(20-4-1)62-47-27-9-10-28-48(47)63(42-21-5-2-6-22-42)70-55-38-37-50(49-30-17-33-54(64(49)55)69(62)70)67-44-24-8-7-23-43(44)39-56-57-40-61-66(52-31-18-32-53(65(52)57)68(56)67)51-29-13-16-36-60(51)71(61)58-34-14-11-25-45(58)46-26-12-15-35-59(46)71/h1-40H. The van der Waals surface area contributed by atoms with Crippen LogP contribution >= 0.6 is 0 Å². The van der Waals surface area contributed by atoms with E-state index < -0.39 is 5.41 Å². The van der Waals surface area contributed by atoms with E-state index in [2.05, 4.69) is 243 Å². The van der Waals surface area contributed by atoms with Crippen LogP contribution in [0.1, 0.15) is 22.3 Å². The summed E-state index contributed by atoms with van der Waals surface area (Å²) in [5.41, 5.74) is 28.7. The molecular formula is C71H40. The van der Waals surface area contributed by atoms with Gasteiger partial charge < -0.3 is 0 Å². The number of hydrogen-bond donors (Lipinski definition) is 0. The molecule has 324 valence electrons. The van der Waals surface area contributed by atoms with Gasteiger partial charge in [-0.1, -0.05) is 231 Å². The quantitative estimate of drug-likeness (QED) is 0.166. The highest BCUT2D eigenvalue weighted by Gasteiger charge is 2.52. The Hall–Kier alpha value is -9.10. The van der Waals surface area contributed by atoms with Crippen LogP contribution in [0.5, 0.6) is 0 Å². The van der Waals surface area contributed by atoms with Gasteiger partial charge in [-0.3, -0.25) is 0 Å². The Labute approximate surface area is 411 Å². The Morgan fingerprint density at radius 2 is 0.648 bits per heavy atom. The molecule has 4 aliphatic rings. The van der Waals surface area contributed by atoms with Crippen LogP contribution in [0.25, 0.3) is 143 Å². The van der Waals surface area contributed by atoms with Gasteiger partial charge in [0.15, 0.2) is 0 Å². The first-order valence-corrected chi connectivity index (χ1v) is 25.0. The fraction of sp³-hybridized carbons (Fsp3) is 0.0141. The zero-order valence-electron chi connectivity index (χ0n) is 38.6. The maximum atomic E-state index is 2.62. The first kappa shape index (κ1) is 37.8. The van der Waals surface area contributed by atoms with E-state index in [-0.39, 0.29) is 0 Å². The molecule has 0 fully saturated rings. The van der Waals surface area contributed by atoms with Crippen LogP contribution in [0.2, 0.25) is 0 Å². The first-order chi connectivity index (χ1) is 35.3. The Balaban J connectivity index is 0.980. The van der Waals surface area contributed by atoms with E-state index in [9.17, 15) is 0 Å². The summed E-state index contributed by atoms with van der Waals surface area (Å²) in [5.74, 6) is 0. The van der Waals surface area contributed by atoms with E-state index in [0.29, 0.717) is 0 Å². The third-order valence-corrected chi connectivity index (χ3v) is 16.9. The molecule has 17 rings (SSSR count). The maximum Gasteiger partial charge on any atom is 0.0725 e. The molecule has 0 aliphatic heterocycles. The molecule has 1 spiro atoms. The van der Waals surface area contributed by atoms with Crippen LogP contribution in [-0.2, 0) is 5.41 Å². The molecule has 0 atom stereocenters. The Bertz CT molecular complexity index is 4410. The second kappa shape index (κ2) is 13.6. The molecule has 0 heteroatoms. The van der Waals surface area contributed by atoms with Gasteiger partial charge in [-0.15, -0.1) is 0 Å². The molecule has 0 saturated heterocycles.